The van der Waals surface area contributed by atoms with Gasteiger partial charge in [0.05, 0.1) is 11.7 Å². The molecule has 0 spiro atoms. The molecule has 1 aromatic carbocycles. The molecule has 7 heteroatoms. The van der Waals surface area contributed by atoms with E-state index in [9.17, 15) is 4.79 Å². The highest BCUT2D eigenvalue weighted by atomic mass is 16.5. The molecule has 0 fully saturated rings. The van der Waals surface area contributed by atoms with E-state index in [1.54, 1.807) is 6.92 Å². The first-order valence-electron chi connectivity index (χ1n) is 8.70. The number of aryl methyl sites for hydroxylation is 2. The Kier molecular flexibility index (Phi) is 4.06. The highest BCUT2D eigenvalue weighted by Gasteiger charge is 2.27. The van der Waals surface area contributed by atoms with Crippen LogP contribution in [0.5, 0.6) is 0 Å². The van der Waals surface area contributed by atoms with Crippen LogP contribution < -0.4 is 5.32 Å². The molecule has 0 radical (unpaired) electrons. The van der Waals surface area contributed by atoms with E-state index in [0.29, 0.717) is 17.4 Å². The van der Waals surface area contributed by atoms with E-state index in [2.05, 4.69) is 26.5 Å². The highest BCUT2D eigenvalue weighted by molar-refractivity contribution is 5.92. The van der Waals surface area contributed by atoms with Gasteiger partial charge in [0.25, 0.3) is 5.91 Å². The molecule has 134 valence electrons. The van der Waals surface area contributed by atoms with Crippen LogP contribution in [0.15, 0.2) is 33.5 Å². The zero-order valence-corrected chi connectivity index (χ0v) is 14.9. The maximum atomic E-state index is 12.4. The highest BCUT2D eigenvalue weighted by Crippen LogP contribution is 2.34. The molecule has 0 aliphatic heterocycles. The molecule has 0 saturated carbocycles. The van der Waals surface area contributed by atoms with Gasteiger partial charge in [-0.25, -0.2) is 4.98 Å². The summed E-state index contributed by atoms with van der Waals surface area (Å²) in [6, 6.07) is 6.04. The molecule has 1 N–H and O–H groups in total. The van der Waals surface area contributed by atoms with Crippen molar-refractivity contribution in [1.29, 1.82) is 0 Å². The van der Waals surface area contributed by atoms with Crippen LogP contribution in [-0.2, 0) is 6.42 Å². The second-order valence-corrected chi connectivity index (χ2v) is 6.86. The number of fused-ring (bicyclic) bond motifs is 1. The summed E-state index contributed by atoms with van der Waals surface area (Å²) in [6.45, 7) is 5.79. The first kappa shape index (κ1) is 16.5. The van der Waals surface area contributed by atoms with Gasteiger partial charge in [-0.2, -0.15) is 4.98 Å². The molecule has 1 atom stereocenters. The lowest BCUT2D eigenvalue weighted by Gasteiger charge is -2.13. The molecule has 1 amide bonds. The van der Waals surface area contributed by atoms with Crippen LogP contribution in [0, 0.1) is 6.92 Å². The van der Waals surface area contributed by atoms with Crippen LogP contribution in [0.25, 0.3) is 11.4 Å². The van der Waals surface area contributed by atoms with Crippen molar-refractivity contribution in [3.05, 3.63) is 53.1 Å². The number of carbonyl (C=O) groups is 1. The molecule has 1 aliphatic rings. The Morgan fingerprint density at radius 1 is 1.35 bits per heavy atom. The minimum Gasteiger partial charge on any atom is -0.438 e. The lowest BCUT2D eigenvalue weighted by molar-refractivity contribution is 0.0908. The average Bonchev–Trinajstić information content (AvgIpc) is 3.34. The molecular formula is C19H20N4O3. The van der Waals surface area contributed by atoms with Crippen molar-refractivity contribution in [3.8, 4) is 11.4 Å². The molecule has 0 bridgehead atoms. The molecule has 7 nitrogen and oxygen atoms in total. The molecule has 1 aliphatic carbocycles. The van der Waals surface area contributed by atoms with Crippen LogP contribution >= 0.6 is 0 Å². The van der Waals surface area contributed by atoms with Gasteiger partial charge in [0.1, 0.15) is 0 Å². The predicted octanol–water partition coefficient (Wildman–Crippen LogP) is 3.57. The van der Waals surface area contributed by atoms with Crippen LogP contribution in [0.1, 0.15) is 65.5 Å². The van der Waals surface area contributed by atoms with Crippen LogP contribution in [0.4, 0.5) is 0 Å². The molecule has 3 aromatic rings. The number of rotatable bonds is 4. The summed E-state index contributed by atoms with van der Waals surface area (Å²) in [5.41, 5.74) is 3.83. The quantitative estimate of drug-likeness (QED) is 0.771. The van der Waals surface area contributed by atoms with Crippen molar-refractivity contribution in [2.45, 2.75) is 45.6 Å². The summed E-state index contributed by atoms with van der Waals surface area (Å²) in [4.78, 5) is 20.8. The standard InChI is InChI=1S/C19H20N4O3/c1-10(2)19-22-17(23-26-19)13-4-6-14-12(8-13)5-7-15(14)21-18(24)16-11(3)20-9-25-16/h4,6,8-10,15H,5,7H2,1-3H3,(H,21,24)/t15-/m1/s1. The topological polar surface area (TPSA) is 94.1 Å². The number of aromatic nitrogens is 3. The van der Waals surface area contributed by atoms with Gasteiger partial charge in [-0.3, -0.25) is 4.79 Å². The van der Waals surface area contributed by atoms with Crippen molar-refractivity contribution < 1.29 is 13.7 Å². The fraction of sp³-hybridized carbons (Fsp3) is 0.368. The van der Waals surface area contributed by atoms with Gasteiger partial charge in [0.15, 0.2) is 6.39 Å². The zero-order chi connectivity index (χ0) is 18.3. The van der Waals surface area contributed by atoms with Gasteiger partial charge < -0.3 is 14.3 Å². The molecule has 2 aromatic heterocycles. The van der Waals surface area contributed by atoms with Gasteiger partial charge in [-0.1, -0.05) is 31.1 Å². The van der Waals surface area contributed by atoms with Crippen molar-refractivity contribution in [2.75, 3.05) is 0 Å². The summed E-state index contributed by atoms with van der Waals surface area (Å²) in [5, 5.41) is 7.10. The Morgan fingerprint density at radius 3 is 2.88 bits per heavy atom. The Balaban J connectivity index is 1.54. The number of hydrogen-bond acceptors (Lipinski definition) is 6. The number of amides is 1. The fourth-order valence-corrected chi connectivity index (χ4v) is 3.24. The lowest BCUT2D eigenvalue weighted by Crippen LogP contribution is -2.27. The van der Waals surface area contributed by atoms with Crippen LogP contribution in [0.2, 0.25) is 0 Å². The van der Waals surface area contributed by atoms with E-state index in [1.165, 1.54) is 12.0 Å². The summed E-state index contributed by atoms with van der Waals surface area (Å²) >= 11 is 0. The van der Waals surface area contributed by atoms with Crippen molar-refractivity contribution in [1.82, 2.24) is 20.4 Å². The normalized spacial score (nSPS) is 16.1. The number of oxazole rings is 1. The number of hydrogen-bond donors (Lipinski definition) is 1. The maximum Gasteiger partial charge on any atom is 0.289 e. The molecule has 0 unspecified atom stereocenters. The van der Waals surface area contributed by atoms with E-state index in [1.807, 2.05) is 26.0 Å². The second kappa shape index (κ2) is 6.40. The van der Waals surface area contributed by atoms with Gasteiger partial charge in [-0.15, -0.1) is 0 Å². The number of carbonyl (C=O) groups excluding carboxylic acids is 1. The molecule has 2 heterocycles. The first-order valence-corrected chi connectivity index (χ1v) is 8.70. The fourth-order valence-electron chi connectivity index (χ4n) is 3.24. The SMILES string of the molecule is Cc1ncoc1C(=O)N[C@@H]1CCc2cc(-c3noc(C(C)C)n3)ccc21. The van der Waals surface area contributed by atoms with Gasteiger partial charge >= 0.3 is 0 Å². The number of nitrogens with zero attached hydrogens (tertiary/aromatic N) is 3. The molecule has 26 heavy (non-hydrogen) atoms. The Bertz CT molecular complexity index is 957. The Morgan fingerprint density at radius 2 is 2.19 bits per heavy atom. The predicted molar refractivity (Wildman–Crippen MR) is 93.6 cm³/mol. The first-order chi connectivity index (χ1) is 12.5. The summed E-state index contributed by atoms with van der Waals surface area (Å²) in [7, 11) is 0. The molecular weight excluding hydrogens is 332 g/mol. The Labute approximate surface area is 150 Å². The maximum absolute atomic E-state index is 12.4. The zero-order valence-electron chi connectivity index (χ0n) is 14.9. The van der Waals surface area contributed by atoms with Crippen LogP contribution in [0.3, 0.4) is 0 Å². The largest absolute Gasteiger partial charge is 0.438 e. The third kappa shape index (κ3) is 2.89. The Hall–Kier alpha value is -2.96. The average molecular weight is 352 g/mol. The van der Waals surface area contributed by atoms with E-state index in [-0.39, 0.29) is 23.6 Å². The van der Waals surface area contributed by atoms with Crippen molar-refractivity contribution >= 4 is 5.91 Å². The van der Waals surface area contributed by atoms with E-state index in [0.717, 1.165) is 24.0 Å². The van der Waals surface area contributed by atoms with Crippen molar-refractivity contribution in [3.63, 3.8) is 0 Å². The van der Waals surface area contributed by atoms with Gasteiger partial charge in [0.2, 0.25) is 17.5 Å². The van der Waals surface area contributed by atoms with E-state index >= 15 is 0 Å². The lowest BCUT2D eigenvalue weighted by atomic mass is 10.0. The third-order valence-corrected chi connectivity index (χ3v) is 4.67. The van der Waals surface area contributed by atoms with Gasteiger partial charge in [0, 0.05) is 11.5 Å². The summed E-state index contributed by atoms with van der Waals surface area (Å²) in [6.07, 6.45) is 3.02. The number of nitrogens with one attached hydrogen (secondary N) is 1. The number of benzene rings is 1. The summed E-state index contributed by atoms with van der Waals surface area (Å²) in [5.74, 6) is 1.46. The monoisotopic (exact) mass is 352 g/mol. The summed E-state index contributed by atoms with van der Waals surface area (Å²) < 4.78 is 10.5. The third-order valence-electron chi connectivity index (χ3n) is 4.67. The van der Waals surface area contributed by atoms with Gasteiger partial charge in [-0.05, 0) is 37.0 Å². The smallest absolute Gasteiger partial charge is 0.289 e. The van der Waals surface area contributed by atoms with Crippen LogP contribution in [-0.4, -0.2) is 21.0 Å². The van der Waals surface area contributed by atoms with E-state index in [4.69, 9.17) is 8.94 Å². The van der Waals surface area contributed by atoms with E-state index < -0.39 is 0 Å². The second-order valence-electron chi connectivity index (χ2n) is 6.86. The minimum absolute atomic E-state index is 0.0347. The minimum atomic E-state index is -0.235. The molecule has 4 rings (SSSR count). The van der Waals surface area contributed by atoms with Crippen molar-refractivity contribution in [2.24, 2.45) is 0 Å². The molecule has 0 saturated heterocycles.